The second-order valence-electron chi connectivity index (χ2n) is 5.72. The molecule has 160 valence electrons. The summed E-state index contributed by atoms with van der Waals surface area (Å²) in [5.74, 6) is -1.38. The Kier molecular flexibility index (Phi) is 11.9. The van der Waals surface area contributed by atoms with Gasteiger partial charge < -0.3 is 10.2 Å². The maximum absolute atomic E-state index is 11.5. The van der Waals surface area contributed by atoms with Crippen LogP contribution in [0.2, 0.25) is 0 Å². The van der Waals surface area contributed by atoms with Crippen molar-refractivity contribution in [3.63, 3.8) is 0 Å². The molecular weight excluding hydrogens is 486 g/mol. The van der Waals surface area contributed by atoms with Crippen LogP contribution in [0, 0.1) is 0 Å². The molecule has 0 radical (unpaired) electrons. The van der Waals surface area contributed by atoms with Gasteiger partial charge in [-0.3, -0.25) is 19.1 Å². The summed E-state index contributed by atoms with van der Waals surface area (Å²) < 4.78 is 64.7. The second-order valence-corrected chi connectivity index (χ2v) is 8.50. The summed E-state index contributed by atoms with van der Waals surface area (Å²) in [6.45, 7) is 2.19. The van der Waals surface area contributed by atoms with Gasteiger partial charge in [-0.25, -0.2) is 0 Å². The number of aliphatic imine (C=N–C) groups is 2. The summed E-state index contributed by atoms with van der Waals surface area (Å²) in [6, 6.07) is 6.56. The monoisotopic (exact) mass is 500 g/mol. The van der Waals surface area contributed by atoms with Crippen molar-refractivity contribution >= 4 is 54.8 Å². The number of rotatable bonds is 6. The van der Waals surface area contributed by atoms with Crippen molar-refractivity contribution in [1.82, 2.24) is 0 Å². The minimum Gasteiger partial charge on any atom is -0.862 e. The first kappa shape index (κ1) is 30.8. The molecule has 0 aromatic heterocycles. The molecule has 16 heteroatoms. The van der Waals surface area contributed by atoms with Gasteiger partial charge in [-0.1, -0.05) is 0 Å². The number of hydrogen-bond donors (Lipinski definition) is 2. The van der Waals surface area contributed by atoms with E-state index in [4.69, 9.17) is 0 Å². The Morgan fingerprint density at radius 3 is 1.28 bits per heavy atom. The van der Waals surface area contributed by atoms with Crippen molar-refractivity contribution in [3.8, 4) is 0 Å². The van der Waals surface area contributed by atoms with Gasteiger partial charge in [0, 0.05) is 0 Å². The van der Waals surface area contributed by atoms with Crippen LogP contribution in [0.25, 0.3) is 0 Å². The van der Waals surface area contributed by atoms with Gasteiger partial charge >= 0.3 is 59.1 Å². The maximum Gasteiger partial charge on any atom is 1.00 e. The van der Waals surface area contributed by atoms with E-state index in [1.807, 2.05) is 0 Å². The fraction of sp³-hybridized carbons (Fsp3) is 0.125. The number of azo groups is 1. The topological polar surface area (TPSA) is 204 Å². The predicted molar refractivity (Wildman–Crippen MR) is 102 cm³/mol. The summed E-state index contributed by atoms with van der Waals surface area (Å²) in [5.41, 5.74) is -0.743. The largest absolute Gasteiger partial charge is 1.00 e. The van der Waals surface area contributed by atoms with E-state index in [9.17, 15) is 36.2 Å². The fourth-order valence-corrected chi connectivity index (χ4v) is 3.48. The van der Waals surface area contributed by atoms with Crippen molar-refractivity contribution < 1.29 is 95.3 Å². The molecule has 0 bridgehead atoms. The first-order chi connectivity index (χ1) is 13.8. The third-order valence-corrected chi connectivity index (χ3v) is 5.04. The zero-order valence-corrected chi connectivity index (χ0v) is 23.0. The van der Waals surface area contributed by atoms with Crippen LogP contribution in [0.1, 0.15) is 13.8 Å². The van der Waals surface area contributed by atoms with Crippen molar-refractivity contribution in [3.05, 3.63) is 36.4 Å². The molecule has 0 amide bonds. The smallest absolute Gasteiger partial charge is 0.862 e. The second kappa shape index (κ2) is 12.3. The van der Waals surface area contributed by atoms with Gasteiger partial charge in [-0.2, -0.15) is 27.1 Å². The van der Waals surface area contributed by atoms with Crippen LogP contribution in [-0.2, 0) is 20.2 Å². The van der Waals surface area contributed by atoms with Gasteiger partial charge in [0.25, 0.3) is 20.2 Å². The van der Waals surface area contributed by atoms with Gasteiger partial charge in [0.15, 0.2) is 0 Å². The van der Waals surface area contributed by atoms with Gasteiger partial charge in [0.2, 0.25) is 0 Å². The van der Waals surface area contributed by atoms with Gasteiger partial charge in [0.05, 0.1) is 22.7 Å². The molecule has 2 N–H and O–H groups in total. The average Bonchev–Trinajstić information content (AvgIpc) is 2.59. The molecule has 0 saturated heterocycles. The number of benzene rings is 2. The molecule has 2 aromatic carbocycles. The van der Waals surface area contributed by atoms with E-state index in [1.165, 1.54) is 12.1 Å². The molecule has 2 aromatic rings. The van der Waals surface area contributed by atoms with Crippen molar-refractivity contribution in [2.45, 2.75) is 23.6 Å². The molecule has 0 heterocycles. The Labute approximate surface area is 228 Å². The molecule has 0 aliphatic heterocycles. The summed E-state index contributed by atoms with van der Waals surface area (Å²) in [6.07, 6.45) is 0. The molecule has 2 rings (SSSR count). The standard InChI is InChI=1S/C16H16N4O8S2.2Na/c1-9(21)17-13-5-3-11(7-15(13)29(23,24)25)19-20-12-4-6-14(18-10(2)22)16(8-12)30(26,27)28;;/h3-8H,1-2H3,(H,17,21)(H,18,22)(H,23,24,25)(H,26,27,28);;/q;2*+1/p-2. The van der Waals surface area contributed by atoms with Crippen LogP contribution >= 0.6 is 0 Å². The van der Waals surface area contributed by atoms with E-state index in [2.05, 4.69) is 20.2 Å². The molecule has 32 heavy (non-hydrogen) atoms. The molecular formula is C16H14N4Na2O8S2. The predicted octanol–water partition coefficient (Wildman–Crippen LogP) is -4.58. The van der Waals surface area contributed by atoms with Crippen LogP contribution in [-0.4, -0.2) is 37.7 Å². The Balaban J connectivity index is 0.00000480. The fourth-order valence-electron chi connectivity index (χ4n) is 2.18. The van der Waals surface area contributed by atoms with Crippen molar-refractivity contribution in [1.29, 1.82) is 0 Å². The Morgan fingerprint density at radius 2 is 1.03 bits per heavy atom. The molecule has 0 saturated carbocycles. The van der Waals surface area contributed by atoms with Crippen molar-refractivity contribution in [2.24, 2.45) is 20.2 Å². The Hall–Kier alpha value is -1.20. The zero-order valence-electron chi connectivity index (χ0n) is 17.4. The Bertz CT molecular complexity index is 1190. The molecule has 0 aliphatic rings. The first-order valence-corrected chi connectivity index (χ1v) is 10.7. The Morgan fingerprint density at radius 1 is 0.719 bits per heavy atom. The minimum absolute atomic E-state index is 0. The van der Waals surface area contributed by atoms with E-state index in [-0.39, 0.29) is 81.9 Å². The van der Waals surface area contributed by atoms with Crippen LogP contribution in [0.3, 0.4) is 0 Å². The quantitative estimate of drug-likeness (QED) is 0.130. The van der Waals surface area contributed by atoms with E-state index in [1.54, 1.807) is 0 Å². The molecule has 12 nitrogen and oxygen atoms in total. The number of hydrogen-bond acceptors (Lipinski definition) is 10. The van der Waals surface area contributed by atoms with E-state index >= 15 is 0 Å². The third-order valence-electron chi connectivity index (χ3n) is 3.28. The molecule has 0 spiro atoms. The normalized spacial score (nSPS) is 12.9. The average molecular weight is 500 g/mol. The summed E-state index contributed by atoms with van der Waals surface area (Å²) in [5, 5.41) is 29.7. The van der Waals surface area contributed by atoms with E-state index in [0.717, 1.165) is 38.1 Å². The van der Waals surface area contributed by atoms with Gasteiger partial charge in [-0.05, 0) is 62.0 Å². The zero-order chi connectivity index (χ0) is 22.7. The molecule has 0 atom stereocenters. The van der Waals surface area contributed by atoms with E-state index in [0.29, 0.717) is 0 Å². The minimum atomic E-state index is -4.73. The third kappa shape index (κ3) is 8.97. The summed E-state index contributed by atoms with van der Waals surface area (Å²) >= 11 is 0. The molecule has 0 unspecified atom stereocenters. The van der Waals surface area contributed by atoms with Crippen LogP contribution in [0.15, 0.2) is 66.4 Å². The van der Waals surface area contributed by atoms with Crippen molar-refractivity contribution in [2.75, 3.05) is 0 Å². The maximum atomic E-state index is 11.5. The van der Waals surface area contributed by atoms with Gasteiger partial charge in [-0.15, -0.1) is 0 Å². The van der Waals surface area contributed by atoms with Crippen LogP contribution < -0.4 is 69.3 Å². The summed E-state index contributed by atoms with van der Waals surface area (Å²) in [7, 11) is -9.46. The van der Waals surface area contributed by atoms with Crippen LogP contribution in [0.4, 0.5) is 22.7 Å². The van der Waals surface area contributed by atoms with Crippen LogP contribution in [0.5, 0.6) is 0 Å². The molecule has 0 aliphatic carbocycles. The van der Waals surface area contributed by atoms with E-state index < -0.39 is 41.8 Å². The SMILES string of the molecule is CC([O-])=Nc1ccc(N=Nc2ccc(N=C(C)[O-])c(S(=O)(=O)O)c2)cc1S(=O)(=O)O.[Na+].[Na+]. The first-order valence-electron chi connectivity index (χ1n) is 7.87. The summed E-state index contributed by atoms with van der Waals surface area (Å²) in [4.78, 5) is 5.59. The molecule has 0 fully saturated rings. The van der Waals surface area contributed by atoms with Gasteiger partial charge in [0.1, 0.15) is 9.79 Å². The number of nitrogens with zero attached hydrogens (tertiary/aromatic N) is 4.